The van der Waals surface area contributed by atoms with Crippen LogP contribution in [-0.4, -0.2) is 12.0 Å². The van der Waals surface area contributed by atoms with Gasteiger partial charge in [-0.3, -0.25) is 4.79 Å². The summed E-state index contributed by atoms with van der Waals surface area (Å²) in [7, 11) is 0. The van der Waals surface area contributed by atoms with Gasteiger partial charge in [-0.05, 0) is 18.8 Å². The summed E-state index contributed by atoms with van der Waals surface area (Å²) in [5.41, 5.74) is 0. The molecule has 0 aromatic carbocycles. The van der Waals surface area contributed by atoms with Gasteiger partial charge in [0.1, 0.15) is 0 Å². The molecule has 0 bridgehead atoms. The Bertz CT molecular complexity index is 144. The van der Waals surface area contributed by atoms with Crippen molar-refractivity contribution in [3.63, 3.8) is 0 Å². The lowest BCUT2D eigenvalue weighted by molar-refractivity contribution is -0.131. The fourth-order valence-electron chi connectivity index (χ4n) is 1.35. The Balaban J connectivity index is 2.60. The maximum Gasteiger partial charge on any atom is 0.169 e. The van der Waals surface area contributed by atoms with Crippen molar-refractivity contribution in [1.82, 2.24) is 0 Å². The fourth-order valence-corrected chi connectivity index (χ4v) is 1.35. The minimum atomic E-state index is -1.19. The summed E-state index contributed by atoms with van der Waals surface area (Å²) in [5.74, 6) is -0.298. The third-order valence-electron chi connectivity index (χ3n) is 2.31. The second-order valence-electron chi connectivity index (χ2n) is 3.26. The first-order chi connectivity index (χ1) is 4.63. The number of hydrogen-bond acceptors (Lipinski definition) is 1. The minimum absolute atomic E-state index is 0.0498. The van der Waals surface area contributed by atoms with Crippen molar-refractivity contribution in [3.05, 3.63) is 0 Å². The van der Waals surface area contributed by atoms with E-state index in [4.69, 9.17) is 0 Å². The van der Waals surface area contributed by atoms with Gasteiger partial charge in [-0.1, -0.05) is 13.8 Å². The molecule has 0 heterocycles. The zero-order valence-corrected chi connectivity index (χ0v) is 6.43. The summed E-state index contributed by atoms with van der Waals surface area (Å²) in [6, 6.07) is 0. The summed E-state index contributed by atoms with van der Waals surface area (Å²) in [6.07, 6.45) is 0.526. The summed E-state index contributed by atoms with van der Waals surface area (Å²) < 4.78 is 12.9. The lowest BCUT2D eigenvalue weighted by atomic mass is 9.81. The van der Waals surface area contributed by atoms with Crippen molar-refractivity contribution in [2.75, 3.05) is 0 Å². The zero-order chi connectivity index (χ0) is 7.72. The number of halogens is 1. The van der Waals surface area contributed by atoms with Crippen LogP contribution in [0.15, 0.2) is 0 Å². The molecule has 0 N–H and O–H groups in total. The quantitative estimate of drug-likeness (QED) is 0.508. The Morgan fingerprint density at radius 1 is 1.40 bits per heavy atom. The highest BCUT2D eigenvalue weighted by Gasteiger charge is 2.33. The van der Waals surface area contributed by atoms with Gasteiger partial charge in [0.25, 0.3) is 0 Å². The first kappa shape index (κ1) is 7.70. The van der Waals surface area contributed by atoms with E-state index >= 15 is 0 Å². The number of carbonyl (C=O) groups is 1. The number of rotatable bonds is 0. The molecular weight excluding hydrogens is 131 g/mol. The van der Waals surface area contributed by atoms with Gasteiger partial charge in [0.15, 0.2) is 12.0 Å². The van der Waals surface area contributed by atoms with Gasteiger partial charge in [-0.25, -0.2) is 4.39 Å². The standard InChI is InChI=1S/C8H13FO/c1-5-3-4-6(2)8(10)7(5)9/h5-7H,3-4H2,1-2H3/t5-,6-,7+/m1/s1. The van der Waals surface area contributed by atoms with Crippen molar-refractivity contribution in [1.29, 1.82) is 0 Å². The van der Waals surface area contributed by atoms with Crippen molar-refractivity contribution in [2.24, 2.45) is 11.8 Å². The van der Waals surface area contributed by atoms with Crippen LogP contribution in [0.5, 0.6) is 0 Å². The van der Waals surface area contributed by atoms with E-state index in [0.29, 0.717) is 0 Å². The molecule has 0 unspecified atom stereocenters. The predicted octanol–water partition coefficient (Wildman–Crippen LogP) is 1.96. The van der Waals surface area contributed by atoms with Crippen LogP contribution in [0.25, 0.3) is 0 Å². The zero-order valence-electron chi connectivity index (χ0n) is 6.43. The first-order valence-corrected chi connectivity index (χ1v) is 3.80. The molecule has 0 saturated heterocycles. The van der Waals surface area contributed by atoms with Gasteiger partial charge in [0.2, 0.25) is 0 Å². The van der Waals surface area contributed by atoms with Crippen LogP contribution >= 0.6 is 0 Å². The van der Waals surface area contributed by atoms with Gasteiger partial charge >= 0.3 is 0 Å². The second-order valence-corrected chi connectivity index (χ2v) is 3.26. The van der Waals surface area contributed by atoms with E-state index in [9.17, 15) is 9.18 Å². The smallest absolute Gasteiger partial charge is 0.169 e. The second kappa shape index (κ2) is 2.69. The maximum atomic E-state index is 12.9. The molecule has 1 nitrogen and oxygen atoms in total. The van der Waals surface area contributed by atoms with E-state index in [-0.39, 0.29) is 17.6 Å². The van der Waals surface area contributed by atoms with E-state index in [1.165, 1.54) is 0 Å². The lowest BCUT2D eigenvalue weighted by Gasteiger charge is -2.25. The summed E-state index contributed by atoms with van der Waals surface area (Å²) >= 11 is 0. The summed E-state index contributed by atoms with van der Waals surface area (Å²) in [5, 5.41) is 0. The molecule has 1 aliphatic rings. The van der Waals surface area contributed by atoms with Gasteiger partial charge in [-0.2, -0.15) is 0 Å². The van der Waals surface area contributed by atoms with Crippen molar-refractivity contribution < 1.29 is 9.18 Å². The first-order valence-electron chi connectivity index (χ1n) is 3.80. The molecule has 1 rings (SSSR count). The molecule has 3 atom stereocenters. The minimum Gasteiger partial charge on any atom is -0.296 e. The van der Waals surface area contributed by atoms with Crippen LogP contribution in [0.1, 0.15) is 26.7 Å². The molecule has 1 saturated carbocycles. The largest absolute Gasteiger partial charge is 0.296 e. The van der Waals surface area contributed by atoms with Crippen LogP contribution in [0.2, 0.25) is 0 Å². The third-order valence-corrected chi connectivity index (χ3v) is 2.31. The molecule has 58 valence electrons. The number of hydrogen-bond donors (Lipinski definition) is 0. The van der Waals surface area contributed by atoms with E-state index in [1.807, 2.05) is 0 Å². The molecule has 0 radical (unpaired) electrons. The normalized spacial score (nSPS) is 41.9. The SMILES string of the molecule is C[C@@H]1CC[C@@H](C)[C@H](F)C1=O. The summed E-state index contributed by atoms with van der Waals surface area (Å²) in [6.45, 7) is 3.61. The average molecular weight is 144 g/mol. The highest BCUT2D eigenvalue weighted by molar-refractivity contribution is 5.85. The van der Waals surface area contributed by atoms with Gasteiger partial charge in [0.05, 0.1) is 0 Å². The van der Waals surface area contributed by atoms with Gasteiger partial charge in [-0.15, -0.1) is 0 Å². The Kier molecular flexibility index (Phi) is 2.07. The number of carbonyl (C=O) groups excluding carboxylic acids is 1. The molecule has 0 aromatic rings. The monoisotopic (exact) mass is 144 g/mol. The van der Waals surface area contributed by atoms with Crippen LogP contribution < -0.4 is 0 Å². The maximum absolute atomic E-state index is 12.9. The molecule has 0 amide bonds. The predicted molar refractivity (Wildman–Crippen MR) is 37.5 cm³/mol. The third kappa shape index (κ3) is 1.20. The van der Waals surface area contributed by atoms with Crippen molar-refractivity contribution in [2.45, 2.75) is 32.9 Å². The van der Waals surface area contributed by atoms with Crippen molar-refractivity contribution in [3.8, 4) is 0 Å². The fraction of sp³-hybridized carbons (Fsp3) is 0.875. The van der Waals surface area contributed by atoms with E-state index in [1.54, 1.807) is 13.8 Å². The van der Waals surface area contributed by atoms with E-state index < -0.39 is 6.17 Å². The van der Waals surface area contributed by atoms with Gasteiger partial charge in [0, 0.05) is 5.92 Å². The molecule has 10 heavy (non-hydrogen) atoms. The van der Waals surface area contributed by atoms with Crippen molar-refractivity contribution >= 4 is 5.78 Å². The van der Waals surface area contributed by atoms with E-state index in [0.717, 1.165) is 12.8 Å². The number of alkyl halides is 1. The molecule has 2 heteroatoms. The highest BCUT2D eigenvalue weighted by Crippen LogP contribution is 2.27. The summed E-state index contributed by atoms with van der Waals surface area (Å²) in [4.78, 5) is 11.0. The Hall–Kier alpha value is -0.400. The van der Waals surface area contributed by atoms with Crippen LogP contribution in [-0.2, 0) is 4.79 Å². The van der Waals surface area contributed by atoms with Crippen LogP contribution in [0.3, 0.4) is 0 Å². The highest BCUT2D eigenvalue weighted by atomic mass is 19.1. The van der Waals surface area contributed by atoms with E-state index in [2.05, 4.69) is 0 Å². The molecule has 1 fully saturated rings. The Morgan fingerprint density at radius 3 is 2.50 bits per heavy atom. The Morgan fingerprint density at radius 2 is 2.00 bits per heavy atom. The number of ketones is 1. The Labute approximate surface area is 60.6 Å². The molecule has 0 aliphatic heterocycles. The average Bonchev–Trinajstić information content (AvgIpc) is 1.93. The van der Waals surface area contributed by atoms with Gasteiger partial charge < -0.3 is 0 Å². The lowest BCUT2D eigenvalue weighted by Crippen LogP contribution is -2.33. The molecule has 0 spiro atoms. The van der Waals surface area contributed by atoms with Crippen LogP contribution in [0, 0.1) is 11.8 Å². The number of Topliss-reactive ketones (excluding diaryl/α,β-unsaturated/α-hetero) is 1. The molecule has 0 aromatic heterocycles. The molecule has 1 aliphatic carbocycles. The molecular formula is C8H13FO. The topological polar surface area (TPSA) is 17.1 Å². The van der Waals surface area contributed by atoms with Crippen LogP contribution in [0.4, 0.5) is 4.39 Å².